The van der Waals surface area contributed by atoms with E-state index in [0.717, 1.165) is 25.9 Å². The number of nitrogens with zero attached hydrogens (tertiary/aromatic N) is 2. The van der Waals surface area contributed by atoms with Gasteiger partial charge in [0.1, 0.15) is 0 Å². The van der Waals surface area contributed by atoms with Crippen LogP contribution >= 0.6 is 0 Å². The Morgan fingerprint density at radius 3 is 1.67 bits per heavy atom. The van der Waals surface area contributed by atoms with Crippen LogP contribution in [0.25, 0.3) is 0 Å². The molecule has 0 aromatic heterocycles. The molecule has 2 amide bonds. The molecule has 2 saturated heterocycles. The van der Waals surface area contributed by atoms with E-state index in [-0.39, 0.29) is 11.8 Å². The van der Waals surface area contributed by atoms with E-state index in [2.05, 4.69) is 0 Å². The fraction of sp³-hybridized carbons (Fsp3) is 0.500. The third kappa shape index (κ3) is 3.08. The number of hydrogen-bond donors (Lipinski definition) is 0. The van der Waals surface area contributed by atoms with Crippen molar-refractivity contribution in [3.05, 3.63) is 35.4 Å². The van der Waals surface area contributed by atoms with Gasteiger partial charge in [0.2, 0.25) is 0 Å². The van der Waals surface area contributed by atoms with Crippen LogP contribution in [0.2, 0.25) is 0 Å². The molecule has 5 nitrogen and oxygen atoms in total. The lowest BCUT2D eigenvalue weighted by Gasteiger charge is -2.26. The van der Waals surface area contributed by atoms with Crippen molar-refractivity contribution in [2.75, 3.05) is 39.4 Å². The number of carbonyl (C=O) groups excluding carboxylic acids is 2. The van der Waals surface area contributed by atoms with Gasteiger partial charge in [-0.3, -0.25) is 9.59 Å². The zero-order chi connectivity index (χ0) is 14.7. The largest absolute Gasteiger partial charge is 0.378 e. The molecule has 2 aliphatic heterocycles. The summed E-state index contributed by atoms with van der Waals surface area (Å²) in [5.41, 5.74) is 1.30. The van der Waals surface area contributed by atoms with Crippen molar-refractivity contribution in [3.8, 4) is 0 Å². The van der Waals surface area contributed by atoms with Crippen LogP contribution in [0.4, 0.5) is 0 Å². The third-order valence-electron chi connectivity index (χ3n) is 4.07. The van der Waals surface area contributed by atoms with Gasteiger partial charge in [-0.1, -0.05) is 0 Å². The minimum Gasteiger partial charge on any atom is -0.378 e. The number of amides is 2. The highest BCUT2D eigenvalue weighted by Gasteiger charge is 2.21. The number of morpholine rings is 1. The van der Waals surface area contributed by atoms with Gasteiger partial charge in [0.05, 0.1) is 13.2 Å². The summed E-state index contributed by atoms with van der Waals surface area (Å²) in [7, 11) is 0. The standard InChI is InChI=1S/C16H20N2O3/c19-15(17-7-1-2-8-17)13-3-5-14(6-4-13)16(20)18-9-11-21-12-10-18/h3-6H,1-2,7-12H2. The average Bonchev–Trinajstić information content (AvgIpc) is 3.09. The van der Waals surface area contributed by atoms with Gasteiger partial charge in [-0.25, -0.2) is 0 Å². The highest BCUT2D eigenvalue weighted by molar-refractivity contribution is 5.98. The number of rotatable bonds is 2. The number of likely N-dealkylation sites (tertiary alicyclic amines) is 1. The molecule has 0 atom stereocenters. The normalized spacial score (nSPS) is 18.9. The molecule has 0 aliphatic carbocycles. The Balaban J connectivity index is 1.68. The fourth-order valence-corrected chi connectivity index (χ4v) is 2.81. The lowest BCUT2D eigenvalue weighted by molar-refractivity contribution is 0.0303. The first-order valence-corrected chi connectivity index (χ1v) is 7.52. The molecule has 0 N–H and O–H groups in total. The Morgan fingerprint density at radius 2 is 1.19 bits per heavy atom. The smallest absolute Gasteiger partial charge is 0.254 e. The predicted octanol–water partition coefficient (Wildman–Crippen LogP) is 1.40. The topological polar surface area (TPSA) is 49.9 Å². The molecule has 0 spiro atoms. The van der Waals surface area contributed by atoms with Crippen molar-refractivity contribution < 1.29 is 14.3 Å². The zero-order valence-electron chi connectivity index (χ0n) is 12.1. The van der Waals surface area contributed by atoms with Gasteiger partial charge in [-0.2, -0.15) is 0 Å². The Hall–Kier alpha value is -1.88. The SMILES string of the molecule is O=C(c1ccc(C(=O)N2CCOCC2)cc1)N1CCCC1. The van der Waals surface area contributed by atoms with Gasteiger partial charge < -0.3 is 14.5 Å². The number of hydrogen-bond acceptors (Lipinski definition) is 3. The van der Waals surface area contributed by atoms with Crippen molar-refractivity contribution in [1.29, 1.82) is 0 Å². The Bertz CT molecular complexity index is 515. The minimum absolute atomic E-state index is 0.0125. The van der Waals surface area contributed by atoms with E-state index in [1.165, 1.54) is 0 Å². The summed E-state index contributed by atoms with van der Waals surface area (Å²) in [5, 5.41) is 0. The molecule has 0 saturated carbocycles. The van der Waals surface area contributed by atoms with Gasteiger partial charge >= 0.3 is 0 Å². The monoisotopic (exact) mass is 288 g/mol. The van der Waals surface area contributed by atoms with Gasteiger partial charge in [0.15, 0.2) is 0 Å². The van der Waals surface area contributed by atoms with Crippen molar-refractivity contribution in [2.24, 2.45) is 0 Å². The minimum atomic E-state index is 0.0125. The Labute approximate surface area is 124 Å². The molecule has 2 aliphatic rings. The predicted molar refractivity (Wildman–Crippen MR) is 78.3 cm³/mol. The van der Waals surface area contributed by atoms with Crippen molar-refractivity contribution in [3.63, 3.8) is 0 Å². The van der Waals surface area contributed by atoms with E-state index in [0.29, 0.717) is 37.4 Å². The van der Waals surface area contributed by atoms with Gasteiger partial charge in [0.25, 0.3) is 11.8 Å². The van der Waals surface area contributed by atoms with Gasteiger partial charge in [-0.05, 0) is 37.1 Å². The van der Waals surface area contributed by atoms with E-state index in [4.69, 9.17) is 4.74 Å². The molecular weight excluding hydrogens is 268 g/mol. The molecule has 5 heteroatoms. The van der Waals surface area contributed by atoms with Crippen LogP contribution in [0, 0.1) is 0 Å². The highest BCUT2D eigenvalue weighted by atomic mass is 16.5. The number of benzene rings is 1. The summed E-state index contributed by atoms with van der Waals surface area (Å²) >= 11 is 0. The molecular formula is C16H20N2O3. The number of carbonyl (C=O) groups is 2. The van der Waals surface area contributed by atoms with E-state index in [9.17, 15) is 9.59 Å². The Kier molecular flexibility index (Phi) is 4.20. The first kappa shape index (κ1) is 14.1. The van der Waals surface area contributed by atoms with Crippen LogP contribution in [0.15, 0.2) is 24.3 Å². The third-order valence-corrected chi connectivity index (χ3v) is 4.07. The number of ether oxygens (including phenoxy) is 1. The van der Waals surface area contributed by atoms with E-state index in [1.807, 2.05) is 4.90 Å². The van der Waals surface area contributed by atoms with Crippen LogP contribution in [0.5, 0.6) is 0 Å². The second-order valence-corrected chi connectivity index (χ2v) is 5.48. The van der Waals surface area contributed by atoms with Gasteiger partial charge in [-0.15, -0.1) is 0 Å². The van der Waals surface area contributed by atoms with Crippen molar-refractivity contribution in [2.45, 2.75) is 12.8 Å². The summed E-state index contributed by atoms with van der Waals surface area (Å²) in [4.78, 5) is 28.2. The summed E-state index contributed by atoms with van der Waals surface area (Å²) < 4.78 is 5.25. The lowest BCUT2D eigenvalue weighted by Crippen LogP contribution is -2.40. The second-order valence-electron chi connectivity index (χ2n) is 5.48. The van der Waals surface area contributed by atoms with E-state index in [1.54, 1.807) is 29.2 Å². The molecule has 1 aromatic rings. The zero-order valence-corrected chi connectivity index (χ0v) is 12.1. The van der Waals surface area contributed by atoms with E-state index < -0.39 is 0 Å². The first-order chi connectivity index (χ1) is 10.3. The molecule has 112 valence electrons. The summed E-state index contributed by atoms with van der Waals surface area (Å²) in [6.45, 7) is 4.13. The molecule has 0 unspecified atom stereocenters. The molecule has 21 heavy (non-hydrogen) atoms. The average molecular weight is 288 g/mol. The molecule has 2 heterocycles. The molecule has 3 rings (SSSR count). The van der Waals surface area contributed by atoms with Crippen LogP contribution in [-0.4, -0.2) is 61.0 Å². The molecule has 1 aromatic carbocycles. The van der Waals surface area contributed by atoms with Crippen LogP contribution < -0.4 is 0 Å². The van der Waals surface area contributed by atoms with Gasteiger partial charge in [0, 0.05) is 37.3 Å². The fourth-order valence-electron chi connectivity index (χ4n) is 2.81. The molecule has 0 radical (unpaired) electrons. The van der Waals surface area contributed by atoms with Crippen molar-refractivity contribution in [1.82, 2.24) is 9.80 Å². The maximum atomic E-state index is 12.3. The van der Waals surface area contributed by atoms with Crippen LogP contribution in [-0.2, 0) is 4.74 Å². The molecule has 0 bridgehead atoms. The maximum absolute atomic E-state index is 12.3. The van der Waals surface area contributed by atoms with E-state index >= 15 is 0 Å². The van der Waals surface area contributed by atoms with Crippen LogP contribution in [0.3, 0.4) is 0 Å². The van der Waals surface area contributed by atoms with Crippen LogP contribution in [0.1, 0.15) is 33.6 Å². The summed E-state index contributed by atoms with van der Waals surface area (Å²) in [6.07, 6.45) is 2.17. The van der Waals surface area contributed by atoms with Crippen molar-refractivity contribution >= 4 is 11.8 Å². The maximum Gasteiger partial charge on any atom is 0.254 e. The Morgan fingerprint density at radius 1 is 0.762 bits per heavy atom. The lowest BCUT2D eigenvalue weighted by atomic mass is 10.1. The highest BCUT2D eigenvalue weighted by Crippen LogP contribution is 2.14. The first-order valence-electron chi connectivity index (χ1n) is 7.52. The second kappa shape index (κ2) is 6.26. The summed E-state index contributed by atoms with van der Waals surface area (Å²) in [5.74, 6) is 0.0799. The molecule has 2 fully saturated rings. The quantitative estimate of drug-likeness (QED) is 0.826. The summed E-state index contributed by atoms with van der Waals surface area (Å²) in [6, 6.07) is 7.02.